The first-order valence-corrected chi connectivity index (χ1v) is 18.4. The van der Waals surface area contributed by atoms with Crippen molar-refractivity contribution in [2.75, 3.05) is 4.90 Å². The molecule has 8 aromatic rings. The second kappa shape index (κ2) is 12.5. The molecule has 2 aliphatic rings. The van der Waals surface area contributed by atoms with Crippen LogP contribution in [0.25, 0.3) is 66.1 Å². The fraction of sp³-hybridized carbons (Fsp3) is 0.102. The Bertz CT molecular complexity index is 2750. The predicted octanol–water partition coefficient (Wildman–Crippen LogP) is 13.7. The quantitative estimate of drug-likeness (QED) is 0.176. The molecule has 0 amide bonds. The number of rotatable bonds is 6. The minimum atomic E-state index is 0.555. The number of benzene rings is 6. The third-order valence-corrected chi connectivity index (χ3v) is 10.7. The van der Waals surface area contributed by atoms with Crippen LogP contribution in [0.1, 0.15) is 31.7 Å². The van der Waals surface area contributed by atoms with Crippen LogP contribution in [0.4, 0.5) is 11.4 Å². The SMILES string of the molecule is CC1C=C(c2ccc(-c3cc4c5ccccc5oc4c4c3c3ccccc3n4-c3ccc(N(C4=CCCC=C4)c4ccccc4)cc3)cc2)C=CC1. The van der Waals surface area contributed by atoms with E-state index in [9.17, 15) is 0 Å². The number of furan rings is 1. The lowest BCUT2D eigenvalue weighted by molar-refractivity contribution is 0.671. The standard InChI is InChI=1S/C49H38N2O/c1-33-13-12-14-36(31-33)34-23-25-35(26-24-34)43-32-44-41-19-9-11-22-46(41)52-49(44)48-47(43)42-20-8-10-21-45(42)51(48)40-29-27-39(28-30-40)50(37-15-4-2-5-16-37)38-17-6-3-7-18-38/h2,4-6,8-12,14-33H,3,7,13H2,1H3. The van der Waals surface area contributed by atoms with Gasteiger partial charge in [0, 0.05) is 44.3 Å². The Morgan fingerprint density at radius 2 is 1.38 bits per heavy atom. The molecule has 3 heteroatoms. The van der Waals surface area contributed by atoms with Gasteiger partial charge in [-0.3, -0.25) is 0 Å². The highest BCUT2D eigenvalue weighted by Gasteiger charge is 2.23. The molecule has 250 valence electrons. The minimum absolute atomic E-state index is 0.555. The maximum Gasteiger partial charge on any atom is 0.160 e. The molecule has 52 heavy (non-hydrogen) atoms. The number of nitrogens with zero attached hydrogens (tertiary/aromatic N) is 2. The fourth-order valence-electron chi connectivity index (χ4n) is 8.24. The molecule has 3 nitrogen and oxygen atoms in total. The van der Waals surface area contributed by atoms with Crippen LogP contribution in [0.2, 0.25) is 0 Å². The van der Waals surface area contributed by atoms with E-state index in [1.807, 2.05) is 0 Å². The molecule has 0 spiro atoms. The molecule has 6 aromatic carbocycles. The average Bonchev–Trinajstić information content (AvgIpc) is 3.75. The Morgan fingerprint density at radius 3 is 2.17 bits per heavy atom. The number of allylic oxidation sites excluding steroid dienone is 7. The normalized spacial score (nSPS) is 15.8. The van der Waals surface area contributed by atoms with Gasteiger partial charge in [-0.2, -0.15) is 0 Å². The number of aromatic nitrogens is 1. The molecule has 10 rings (SSSR count). The molecule has 1 unspecified atom stereocenters. The van der Waals surface area contributed by atoms with Crippen LogP contribution in [0.3, 0.4) is 0 Å². The van der Waals surface area contributed by atoms with Gasteiger partial charge in [-0.15, -0.1) is 0 Å². The van der Waals surface area contributed by atoms with E-state index in [-0.39, 0.29) is 0 Å². The van der Waals surface area contributed by atoms with Gasteiger partial charge < -0.3 is 13.9 Å². The summed E-state index contributed by atoms with van der Waals surface area (Å²) in [7, 11) is 0. The highest BCUT2D eigenvalue weighted by Crippen LogP contribution is 2.46. The van der Waals surface area contributed by atoms with Crippen LogP contribution in [-0.2, 0) is 0 Å². The van der Waals surface area contributed by atoms with Crippen LogP contribution in [0, 0.1) is 5.92 Å². The van der Waals surface area contributed by atoms with Gasteiger partial charge in [-0.1, -0.05) is 116 Å². The van der Waals surface area contributed by atoms with E-state index in [2.05, 4.69) is 186 Å². The van der Waals surface area contributed by atoms with Crippen molar-refractivity contribution in [2.24, 2.45) is 5.92 Å². The second-order valence-electron chi connectivity index (χ2n) is 14.1. The van der Waals surface area contributed by atoms with Crippen molar-refractivity contribution < 1.29 is 4.42 Å². The summed E-state index contributed by atoms with van der Waals surface area (Å²) >= 11 is 0. The zero-order valence-corrected chi connectivity index (χ0v) is 29.2. The molecule has 0 saturated heterocycles. The van der Waals surface area contributed by atoms with Gasteiger partial charge in [0.25, 0.3) is 0 Å². The zero-order valence-electron chi connectivity index (χ0n) is 29.2. The van der Waals surface area contributed by atoms with Crippen molar-refractivity contribution in [1.82, 2.24) is 4.57 Å². The summed E-state index contributed by atoms with van der Waals surface area (Å²) in [6, 6.07) is 48.4. The Balaban J connectivity index is 1.20. The molecule has 2 aromatic heterocycles. The van der Waals surface area contributed by atoms with Crippen molar-refractivity contribution in [2.45, 2.75) is 26.2 Å². The summed E-state index contributed by atoms with van der Waals surface area (Å²) in [5.41, 5.74) is 13.6. The summed E-state index contributed by atoms with van der Waals surface area (Å²) in [5.74, 6) is 0.555. The number of hydrogen-bond donors (Lipinski definition) is 0. The van der Waals surface area contributed by atoms with Gasteiger partial charge in [-0.05, 0) is 108 Å². The minimum Gasteiger partial charge on any atom is -0.454 e. The van der Waals surface area contributed by atoms with Crippen molar-refractivity contribution in [3.05, 3.63) is 181 Å². The largest absolute Gasteiger partial charge is 0.454 e. The lowest BCUT2D eigenvalue weighted by Crippen LogP contribution is -2.16. The van der Waals surface area contributed by atoms with Crippen molar-refractivity contribution in [3.63, 3.8) is 0 Å². The summed E-state index contributed by atoms with van der Waals surface area (Å²) < 4.78 is 9.20. The lowest BCUT2D eigenvalue weighted by Gasteiger charge is -2.27. The molecule has 0 bridgehead atoms. The molecule has 0 saturated carbocycles. The van der Waals surface area contributed by atoms with E-state index >= 15 is 0 Å². The Morgan fingerprint density at radius 1 is 0.654 bits per heavy atom. The van der Waals surface area contributed by atoms with Gasteiger partial charge >= 0.3 is 0 Å². The highest BCUT2D eigenvalue weighted by atomic mass is 16.3. The first-order chi connectivity index (χ1) is 25.7. The Kier molecular flexibility index (Phi) is 7.31. The van der Waals surface area contributed by atoms with Gasteiger partial charge in [0.1, 0.15) is 5.58 Å². The maximum atomic E-state index is 6.80. The fourth-order valence-corrected chi connectivity index (χ4v) is 8.24. The molecule has 2 aliphatic carbocycles. The van der Waals surface area contributed by atoms with E-state index in [1.54, 1.807) is 0 Å². The van der Waals surface area contributed by atoms with E-state index in [4.69, 9.17) is 4.42 Å². The van der Waals surface area contributed by atoms with E-state index in [0.29, 0.717) is 5.92 Å². The van der Waals surface area contributed by atoms with Gasteiger partial charge in [0.2, 0.25) is 0 Å². The summed E-state index contributed by atoms with van der Waals surface area (Å²) in [4.78, 5) is 2.35. The number of para-hydroxylation sites is 3. The van der Waals surface area contributed by atoms with Crippen LogP contribution in [0.15, 0.2) is 180 Å². The molecule has 1 atom stereocenters. The third-order valence-electron chi connectivity index (χ3n) is 10.7. The monoisotopic (exact) mass is 670 g/mol. The molecule has 0 N–H and O–H groups in total. The van der Waals surface area contributed by atoms with Crippen LogP contribution >= 0.6 is 0 Å². The summed E-state index contributed by atoms with van der Waals surface area (Å²) in [6.07, 6.45) is 17.0. The Labute approximate surface area is 303 Å². The van der Waals surface area contributed by atoms with E-state index in [0.717, 1.165) is 69.3 Å². The zero-order chi connectivity index (χ0) is 34.6. The maximum absolute atomic E-state index is 6.80. The van der Waals surface area contributed by atoms with Crippen LogP contribution in [-0.4, -0.2) is 4.57 Å². The van der Waals surface area contributed by atoms with Crippen LogP contribution in [0.5, 0.6) is 0 Å². The lowest BCUT2D eigenvalue weighted by atomic mass is 9.91. The van der Waals surface area contributed by atoms with Crippen molar-refractivity contribution >= 4 is 60.7 Å². The van der Waals surface area contributed by atoms with E-state index in [1.165, 1.54) is 38.7 Å². The Hall–Kier alpha value is -6.32. The second-order valence-corrected chi connectivity index (χ2v) is 14.1. The molecular formula is C49H38N2O. The van der Waals surface area contributed by atoms with E-state index < -0.39 is 0 Å². The number of anilines is 2. The van der Waals surface area contributed by atoms with Crippen molar-refractivity contribution in [1.29, 1.82) is 0 Å². The van der Waals surface area contributed by atoms with Crippen molar-refractivity contribution in [3.8, 4) is 16.8 Å². The predicted molar refractivity (Wildman–Crippen MR) is 219 cm³/mol. The number of fused-ring (bicyclic) bond motifs is 7. The van der Waals surface area contributed by atoms with Crippen LogP contribution < -0.4 is 4.90 Å². The van der Waals surface area contributed by atoms with Gasteiger partial charge in [0.05, 0.1) is 11.0 Å². The third kappa shape index (κ3) is 5.04. The molecule has 0 aliphatic heterocycles. The average molecular weight is 671 g/mol. The first kappa shape index (κ1) is 30.5. The van der Waals surface area contributed by atoms with Gasteiger partial charge in [0.15, 0.2) is 5.58 Å². The molecule has 0 fully saturated rings. The molecule has 2 heterocycles. The highest BCUT2D eigenvalue weighted by molar-refractivity contribution is 6.26. The first-order valence-electron chi connectivity index (χ1n) is 18.4. The topological polar surface area (TPSA) is 21.3 Å². The number of hydrogen-bond acceptors (Lipinski definition) is 2. The smallest absolute Gasteiger partial charge is 0.160 e. The van der Waals surface area contributed by atoms with Gasteiger partial charge in [-0.25, -0.2) is 0 Å². The summed E-state index contributed by atoms with van der Waals surface area (Å²) in [5, 5.41) is 4.66. The molecule has 0 radical (unpaired) electrons. The summed E-state index contributed by atoms with van der Waals surface area (Å²) in [6.45, 7) is 2.29. The molecular weight excluding hydrogens is 633 g/mol.